The third-order valence-corrected chi connectivity index (χ3v) is 8.99. The van der Waals surface area contributed by atoms with Crippen LogP contribution in [0.4, 0.5) is 0 Å². The molecule has 3 aliphatic carbocycles. The Morgan fingerprint density at radius 1 is 1.32 bits per heavy atom. The second-order valence-electron chi connectivity index (χ2n) is 12.1. The van der Waals surface area contributed by atoms with Crippen molar-refractivity contribution in [2.75, 3.05) is 6.61 Å². The van der Waals surface area contributed by atoms with E-state index < -0.39 is 11.7 Å². The first-order chi connectivity index (χ1) is 16.0. The van der Waals surface area contributed by atoms with Crippen LogP contribution in [-0.4, -0.2) is 34.6 Å². The Morgan fingerprint density at radius 2 is 2.09 bits per heavy atom. The van der Waals surface area contributed by atoms with Crippen molar-refractivity contribution in [1.82, 2.24) is 0 Å². The molecule has 2 N–H and O–H groups in total. The van der Waals surface area contributed by atoms with E-state index in [1.165, 1.54) is 38.5 Å². The van der Waals surface area contributed by atoms with Crippen molar-refractivity contribution >= 4 is 0 Å². The Morgan fingerprint density at radius 3 is 2.79 bits per heavy atom. The average Bonchev–Trinajstić information content (AvgIpc) is 3.12. The highest BCUT2D eigenvalue weighted by Gasteiger charge is 2.50. The summed E-state index contributed by atoms with van der Waals surface area (Å²) in [6.45, 7) is 13.4. The first-order valence-corrected chi connectivity index (χ1v) is 13.5. The predicted octanol–water partition coefficient (Wildman–Crippen LogP) is 6.64. The molecule has 0 heterocycles. The molecule has 0 amide bonds. The van der Waals surface area contributed by atoms with E-state index in [2.05, 4.69) is 38.6 Å². The molecule has 0 aromatic carbocycles. The monoisotopic (exact) mass is 469 g/mol. The molecule has 0 bridgehead atoms. The van der Waals surface area contributed by atoms with Gasteiger partial charge in [0.1, 0.15) is 0 Å². The largest absolute Gasteiger partial charge is 0.390 e. The van der Waals surface area contributed by atoms with E-state index in [-0.39, 0.29) is 6.10 Å². The van der Waals surface area contributed by atoms with Crippen LogP contribution in [0.5, 0.6) is 0 Å². The van der Waals surface area contributed by atoms with Crippen LogP contribution in [0.1, 0.15) is 98.3 Å². The van der Waals surface area contributed by atoms with E-state index in [9.17, 15) is 10.2 Å². The van der Waals surface area contributed by atoms with Gasteiger partial charge in [-0.25, -0.2) is 0 Å². The van der Waals surface area contributed by atoms with Crippen molar-refractivity contribution in [1.29, 1.82) is 5.26 Å². The van der Waals surface area contributed by atoms with E-state index in [0.717, 1.165) is 36.3 Å². The zero-order valence-electron chi connectivity index (χ0n) is 22.0. The number of aliphatic hydroxyl groups excluding tert-OH is 1. The highest BCUT2D eigenvalue weighted by molar-refractivity contribution is 5.38. The van der Waals surface area contributed by atoms with E-state index in [4.69, 9.17) is 10.00 Å². The number of rotatable bonds is 9. The first-order valence-electron chi connectivity index (χ1n) is 13.5. The quantitative estimate of drug-likeness (QED) is 0.371. The molecular weight excluding hydrogens is 422 g/mol. The van der Waals surface area contributed by atoms with Crippen molar-refractivity contribution in [3.05, 3.63) is 35.5 Å². The number of nitriles is 1. The molecular formula is C30H47NO3. The van der Waals surface area contributed by atoms with Gasteiger partial charge in [-0.15, -0.1) is 0 Å². The number of ether oxygens (including phenoxy) is 1. The van der Waals surface area contributed by atoms with Crippen molar-refractivity contribution < 1.29 is 14.9 Å². The van der Waals surface area contributed by atoms with Gasteiger partial charge in [0.25, 0.3) is 0 Å². The molecule has 3 saturated carbocycles. The molecule has 0 radical (unpaired) electrons. The fraction of sp³-hybridized carbons (Fsp3) is 0.767. The number of hydrogen-bond acceptors (Lipinski definition) is 4. The van der Waals surface area contributed by atoms with Crippen LogP contribution in [0.3, 0.4) is 0 Å². The second-order valence-corrected chi connectivity index (χ2v) is 12.1. The van der Waals surface area contributed by atoms with Gasteiger partial charge in [0.15, 0.2) is 0 Å². The number of hydrogen-bond donors (Lipinski definition) is 2. The first kappa shape index (κ1) is 27.2. The van der Waals surface area contributed by atoms with Crippen LogP contribution >= 0.6 is 0 Å². The summed E-state index contributed by atoms with van der Waals surface area (Å²) < 4.78 is 5.84. The minimum atomic E-state index is -0.567. The lowest BCUT2D eigenvalue weighted by atomic mass is 9.60. The Kier molecular flexibility index (Phi) is 9.23. The fourth-order valence-corrected chi connectivity index (χ4v) is 7.12. The normalized spacial score (nSPS) is 35.4. The molecule has 3 rings (SSSR count). The summed E-state index contributed by atoms with van der Waals surface area (Å²) in [5, 5.41) is 29.4. The van der Waals surface area contributed by atoms with Gasteiger partial charge >= 0.3 is 0 Å². The van der Waals surface area contributed by atoms with E-state index >= 15 is 0 Å². The summed E-state index contributed by atoms with van der Waals surface area (Å²) in [5.41, 5.74) is 3.28. The summed E-state index contributed by atoms with van der Waals surface area (Å²) in [6, 6.07) is 2.12. The van der Waals surface area contributed by atoms with Gasteiger partial charge in [-0.3, -0.25) is 0 Å². The number of allylic oxidation sites excluding steroid dienone is 3. The third-order valence-electron chi connectivity index (χ3n) is 8.99. The summed E-state index contributed by atoms with van der Waals surface area (Å²) in [4.78, 5) is 0. The molecule has 3 fully saturated rings. The van der Waals surface area contributed by atoms with E-state index in [0.29, 0.717) is 36.7 Å². The standard InChI is InChI=1S/C30H47NO3/c1-21(9-6-15-29(3,4)33)26-13-14-27-23(10-7-16-30(26,27)5)11-12-24-19-25(34-18-8-17-31)20-28(32)22(24)2/h11-12,21,25-28,32-33H,2,6-10,13-16,18-20H2,1,3-5H3/b23-11?,24-12-/t21-,25-,26-,27+,28+,30-/m1/s1. The Balaban J connectivity index is 1.68. The van der Waals surface area contributed by atoms with Gasteiger partial charge in [-0.05, 0) is 93.1 Å². The van der Waals surface area contributed by atoms with Gasteiger partial charge in [-0.2, -0.15) is 5.26 Å². The number of nitrogens with zero attached hydrogens (tertiary/aromatic N) is 1. The Hall–Kier alpha value is -1.41. The molecule has 6 atom stereocenters. The maximum Gasteiger partial charge on any atom is 0.0811 e. The number of fused-ring (bicyclic) bond motifs is 1. The molecule has 34 heavy (non-hydrogen) atoms. The van der Waals surface area contributed by atoms with Crippen LogP contribution in [0.25, 0.3) is 0 Å². The Labute approximate surface area is 207 Å². The lowest BCUT2D eigenvalue weighted by molar-refractivity contribution is 0.0165. The fourth-order valence-electron chi connectivity index (χ4n) is 7.12. The minimum Gasteiger partial charge on any atom is -0.390 e. The SMILES string of the molecule is C=C1/C(=C\C=C2CCC[C@]3(C)[C@@H]([C@H](C)CCCC(C)(C)O)CC[C@@H]23)C[C@@H](OCCC#N)C[C@@H]1O. The molecule has 4 nitrogen and oxygen atoms in total. The van der Waals surface area contributed by atoms with Crippen LogP contribution in [0.15, 0.2) is 35.5 Å². The highest BCUT2D eigenvalue weighted by atomic mass is 16.5. The van der Waals surface area contributed by atoms with Crippen LogP contribution in [-0.2, 0) is 4.74 Å². The summed E-state index contributed by atoms with van der Waals surface area (Å²) in [5.74, 6) is 2.08. The van der Waals surface area contributed by atoms with E-state index in [1.54, 1.807) is 5.57 Å². The molecule has 0 aliphatic heterocycles. The zero-order valence-corrected chi connectivity index (χ0v) is 22.0. The minimum absolute atomic E-state index is 0.0456. The van der Waals surface area contributed by atoms with E-state index in [1.807, 2.05) is 13.8 Å². The summed E-state index contributed by atoms with van der Waals surface area (Å²) in [6.07, 6.45) is 15.1. The van der Waals surface area contributed by atoms with Crippen LogP contribution in [0.2, 0.25) is 0 Å². The highest BCUT2D eigenvalue weighted by Crippen LogP contribution is 2.60. The molecule has 4 heteroatoms. The van der Waals surface area contributed by atoms with Gasteiger partial charge in [0.2, 0.25) is 0 Å². The number of aliphatic hydroxyl groups is 2. The summed E-state index contributed by atoms with van der Waals surface area (Å²) in [7, 11) is 0. The molecule has 3 aliphatic rings. The van der Waals surface area contributed by atoms with Gasteiger partial charge in [0.05, 0.1) is 36.9 Å². The maximum absolute atomic E-state index is 10.5. The molecule has 0 spiro atoms. The second kappa shape index (κ2) is 11.5. The molecule has 0 saturated heterocycles. The van der Waals surface area contributed by atoms with Gasteiger partial charge in [0, 0.05) is 6.42 Å². The van der Waals surface area contributed by atoms with Crippen molar-refractivity contribution in [2.24, 2.45) is 23.2 Å². The third kappa shape index (κ3) is 6.62. The lowest BCUT2D eigenvalue weighted by Gasteiger charge is -2.44. The van der Waals surface area contributed by atoms with Crippen LogP contribution in [0, 0.1) is 34.5 Å². The summed E-state index contributed by atoms with van der Waals surface area (Å²) >= 11 is 0. The van der Waals surface area contributed by atoms with Crippen molar-refractivity contribution in [2.45, 2.75) is 116 Å². The van der Waals surface area contributed by atoms with Crippen LogP contribution < -0.4 is 0 Å². The van der Waals surface area contributed by atoms with Crippen molar-refractivity contribution in [3.8, 4) is 6.07 Å². The average molecular weight is 470 g/mol. The molecule has 0 unspecified atom stereocenters. The zero-order chi connectivity index (χ0) is 24.9. The van der Waals surface area contributed by atoms with Gasteiger partial charge < -0.3 is 14.9 Å². The molecule has 0 aromatic heterocycles. The van der Waals surface area contributed by atoms with Gasteiger partial charge in [-0.1, -0.05) is 51.0 Å². The van der Waals surface area contributed by atoms with Crippen molar-refractivity contribution in [3.63, 3.8) is 0 Å². The smallest absolute Gasteiger partial charge is 0.0811 e. The molecule has 0 aromatic rings. The predicted molar refractivity (Wildman–Crippen MR) is 138 cm³/mol. The Bertz CT molecular complexity index is 814. The maximum atomic E-state index is 10.5. The lowest BCUT2D eigenvalue weighted by Crippen LogP contribution is -2.36. The molecule has 190 valence electrons. The topological polar surface area (TPSA) is 73.5 Å².